The maximum Gasteiger partial charge on any atom is 0.0501 e. The Kier molecular flexibility index (Phi) is 4.34. The molecule has 2 fully saturated rings. The third-order valence-corrected chi connectivity index (χ3v) is 4.94. The molecule has 2 aliphatic heterocycles. The first-order chi connectivity index (χ1) is 9.79. The first-order valence-electron chi connectivity index (χ1n) is 7.93. The number of hydrogen-bond acceptors (Lipinski definition) is 4. The molecule has 0 aliphatic carbocycles. The number of piperazine rings is 1. The van der Waals surface area contributed by atoms with E-state index in [1.54, 1.807) is 0 Å². The lowest BCUT2D eigenvalue weighted by molar-refractivity contribution is 0.0608. The standard InChI is InChI=1S/C16H26N4/c1-2-15(17)16(13-5-7-18-8-6-13)20-11-10-19-9-3-4-14(19)12-20/h5-8,14-16H,2-4,9-12,17H2,1H3. The van der Waals surface area contributed by atoms with Crippen molar-refractivity contribution in [2.24, 2.45) is 5.73 Å². The van der Waals surface area contributed by atoms with E-state index in [4.69, 9.17) is 5.73 Å². The minimum Gasteiger partial charge on any atom is -0.326 e. The fourth-order valence-electron chi connectivity index (χ4n) is 3.78. The Morgan fingerprint density at radius 3 is 2.85 bits per heavy atom. The van der Waals surface area contributed by atoms with E-state index in [0.717, 1.165) is 19.0 Å². The molecule has 3 unspecified atom stereocenters. The summed E-state index contributed by atoms with van der Waals surface area (Å²) in [5.74, 6) is 0. The Bertz CT molecular complexity index is 422. The fraction of sp³-hybridized carbons (Fsp3) is 0.688. The zero-order chi connectivity index (χ0) is 13.9. The molecule has 4 heteroatoms. The van der Waals surface area contributed by atoms with Gasteiger partial charge in [0.15, 0.2) is 0 Å². The largest absolute Gasteiger partial charge is 0.326 e. The molecule has 2 saturated heterocycles. The molecule has 4 nitrogen and oxygen atoms in total. The van der Waals surface area contributed by atoms with Crippen molar-refractivity contribution in [2.75, 3.05) is 26.2 Å². The summed E-state index contributed by atoms with van der Waals surface area (Å²) in [6.45, 7) is 6.98. The van der Waals surface area contributed by atoms with Crippen molar-refractivity contribution in [1.29, 1.82) is 0 Å². The summed E-state index contributed by atoms with van der Waals surface area (Å²) in [6, 6.07) is 5.54. The molecule has 3 rings (SSSR count). The molecule has 2 N–H and O–H groups in total. The Morgan fingerprint density at radius 1 is 1.30 bits per heavy atom. The predicted octanol–water partition coefficient (Wildman–Crippen LogP) is 1.64. The van der Waals surface area contributed by atoms with Crippen LogP contribution in [0.5, 0.6) is 0 Å². The van der Waals surface area contributed by atoms with E-state index in [0.29, 0.717) is 6.04 Å². The van der Waals surface area contributed by atoms with E-state index in [9.17, 15) is 0 Å². The number of rotatable bonds is 4. The Balaban J connectivity index is 1.79. The number of nitrogens with two attached hydrogens (primary N) is 1. The van der Waals surface area contributed by atoms with Gasteiger partial charge in [-0.15, -0.1) is 0 Å². The van der Waals surface area contributed by atoms with Crippen LogP contribution in [0.2, 0.25) is 0 Å². The van der Waals surface area contributed by atoms with Gasteiger partial charge in [0.2, 0.25) is 0 Å². The van der Waals surface area contributed by atoms with Crippen molar-refractivity contribution in [3.63, 3.8) is 0 Å². The number of aromatic nitrogens is 1. The molecule has 0 saturated carbocycles. The topological polar surface area (TPSA) is 45.4 Å². The van der Waals surface area contributed by atoms with Gasteiger partial charge in [0.1, 0.15) is 0 Å². The molecule has 0 amide bonds. The van der Waals surface area contributed by atoms with E-state index in [1.807, 2.05) is 12.4 Å². The molecule has 110 valence electrons. The highest BCUT2D eigenvalue weighted by atomic mass is 15.3. The van der Waals surface area contributed by atoms with E-state index in [2.05, 4.69) is 33.8 Å². The summed E-state index contributed by atoms with van der Waals surface area (Å²) in [4.78, 5) is 9.40. The van der Waals surface area contributed by atoms with Crippen LogP contribution in [0, 0.1) is 0 Å². The van der Waals surface area contributed by atoms with Crippen LogP contribution < -0.4 is 5.73 Å². The van der Waals surface area contributed by atoms with Crippen molar-refractivity contribution in [3.8, 4) is 0 Å². The van der Waals surface area contributed by atoms with Crippen LogP contribution in [0.25, 0.3) is 0 Å². The van der Waals surface area contributed by atoms with Gasteiger partial charge in [-0.05, 0) is 43.5 Å². The van der Waals surface area contributed by atoms with E-state index in [1.165, 1.54) is 38.0 Å². The zero-order valence-electron chi connectivity index (χ0n) is 12.4. The Morgan fingerprint density at radius 2 is 2.10 bits per heavy atom. The average molecular weight is 274 g/mol. The second-order valence-corrected chi connectivity index (χ2v) is 6.12. The van der Waals surface area contributed by atoms with E-state index >= 15 is 0 Å². The molecular weight excluding hydrogens is 248 g/mol. The molecule has 1 aromatic heterocycles. The lowest BCUT2D eigenvalue weighted by atomic mass is 9.95. The quantitative estimate of drug-likeness (QED) is 0.906. The van der Waals surface area contributed by atoms with Gasteiger partial charge in [0.25, 0.3) is 0 Å². The molecule has 0 radical (unpaired) electrons. The smallest absolute Gasteiger partial charge is 0.0501 e. The highest BCUT2D eigenvalue weighted by Gasteiger charge is 2.35. The molecule has 0 aromatic carbocycles. The average Bonchev–Trinajstić information content (AvgIpc) is 2.96. The third-order valence-electron chi connectivity index (χ3n) is 4.94. The Labute approximate surface area is 122 Å². The lowest BCUT2D eigenvalue weighted by Gasteiger charge is -2.43. The highest BCUT2D eigenvalue weighted by Crippen LogP contribution is 2.30. The predicted molar refractivity (Wildman–Crippen MR) is 81.4 cm³/mol. The molecule has 3 atom stereocenters. The van der Waals surface area contributed by atoms with Crippen LogP contribution in [0.1, 0.15) is 37.8 Å². The first kappa shape index (κ1) is 14.0. The fourth-order valence-corrected chi connectivity index (χ4v) is 3.78. The molecule has 2 aliphatic rings. The van der Waals surface area contributed by atoms with Crippen molar-refractivity contribution < 1.29 is 0 Å². The monoisotopic (exact) mass is 274 g/mol. The van der Waals surface area contributed by atoms with Crippen molar-refractivity contribution in [1.82, 2.24) is 14.8 Å². The maximum absolute atomic E-state index is 6.44. The first-order valence-corrected chi connectivity index (χ1v) is 7.93. The normalized spacial score (nSPS) is 27.2. The van der Waals surface area contributed by atoms with Crippen LogP contribution in [-0.2, 0) is 0 Å². The number of pyridine rings is 1. The van der Waals surface area contributed by atoms with Gasteiger partial charge in [0.05, 0.1) is 6.04 Å². The van der Waals surface area contributed by atoms with Gasteiger partial charge in [-0.3, -0.25) is 14.8 Å². The molecular formula is C16H26N4. The van der Waals surface area contributed by atoms with Crippen LogP contribution in [0.4, 0.5) is 0 Å². The summed E-state index contributed by atoms with van der Waals surface area (Å²) in [5, 5.41) is 0. The third kappa shape index (κ3) is 2.73. The lowest BCUT2D eigenvalue weighted by Crippen LogP contribution is -2.54. The molecule has 1 aromatic rings. The van der Waals surface area contributed by atoms with Crippen LogP contribution in [0.15, 0.2) is 24.5 Å². The van der Waals surface area contributed by atoms with Gasteiger partial charge in [-0.2, -0.15) is 0 Å². The summed E-state index contributed by atoms with van der Waals surface area (Å²) >= 11 is 0. The van der Waals surface area contributed by atoms with Gasteiger partial charge >= 0.3 is 0 Å². The molecule has 0 spiro atoms. The number of hydrogen-bond donors (Lipinski definition) is 1. The van der Waals surface area contributed by atoms with Crippen molar-refractivity contribution in [3.05, 3.63) is 30.1 Å². The van der Waals surface area contributed by atoms with Crippen LogP contribution in [-0.4, -0.2) is 53.0 Å². The second kappa shape index (κ2) is 6.20. The van der Waals surface area contributed by atoms with E-state index in [-0.39, 0.29) is 6.04 Å². The number of fused-ring (bicyclic) bond motifs is 1. The van der Waals surface area contributed by atoms with Gasteiger partial charge < -0.3 is 5.73 Å². The molecule has 20 heavy (non-hydrogen) atoms. The van der Waals surface area contributed by atoms with Gasteiger partial charge in [-0.25, -0.2) is 0 Å². The van der Waals surface area contributed by atoms with Gasteiger partial charge in [0, 0.05) is 44.1 Å². The second-order valence-electron chi connectivity index (χ2n) is 6.12. The SMILES string of the molecule is CCC(N)C(c1ccncc1)N1CCN2CCCC2C1. The summed E-state index contributed by atoms with van der Waals surface area (Å²) in [6.07, 6.45) is 7.49. The van der Waals surface area contributed by atoms with Crippen molar-refractivity contribution in [2.45, 2.75) is 44.3 Å². The molecule has 3 heterocycles. The zero-order valence-corrected chi connectivity index (χ0v) is 12.4. The van der Waals surface area contributed by atoms with Crippen molar-refractivity contribution >= 4 is 0 Å². The van der Waals surface area contributed by atoms with Crippen LogP contribution in [0.3, 0.4) is 0 Å². The summed E-state index contributed by atoms with van der Waals surface area (Å²) in [5.41, 5.74) is 7.76. The Hall–Kier alpha value is -0.970. The molecule has 0 bridgehead atoms. The number of nitrogens with zero attached hydrogens (tertiary/aromatic N) is 3. The maximum atomic E-state index is 6.44. The highest BCUT2D eigenvalue weighted by molar-refractivity contribution is 5.18. The van der Waals surface area contributed by atoms with Gasteiger partial charge in [-0.1, -0.05) is 6.92 Å². The minimum atomic E-state index is 0.199. The summed E-state index contributed by atoms with van der Waals surface area (Å²) < 4.78 is 0. The van der Waals surface area contributed by atoms with E-state index < -0.39 is 0 Å². The summed E-state index contributed by atoms with van der Waals surface area (Å²) in [7, 11) is 0. The minimum absolute atomic E-state index is 0.199. The van der Waals surface area contributed by atoms with Crippen LogP contribution >= 0.6 is 0 Å².